The number of ether oxygens (including phenoxy) is 3. The van der Waals surface area contributed by atoms with Gasteiger partial charge < -0.3 is 19.3 Å². The first-order valence-corrected chi connectivity index (χ1v) is 14.1. The summed E-state index contributed by atoms with van der Waals surface area (Å²) in [6.45, 7) is 5.45. The number of hydrogen-bond acceptors (Lipinski definition) is 8. The Hall–Kier alpha value is -3.83. The molecule has 1 aliphatic heterocycles. The number of aryl methyl sites for hydroxylation is 1. The van der Waals surface area contributed by atoms with Crippen LogP contribution in [-0.2, 0) is 21.4 Å². The summed E-state index contributed by atoms with van der Waals surface area (Å²) >= 11 is 0. The number of amides is 1. The highest BCUT2D eigenvalue weighted by molar-refractivity contribution is 7.92. The molecular weight excluding hydrogens is 522 g/mol. The van der Waals surface area contributed by atoms with Gasteiger partial charge in [0.15, 0.2) is 0 Å². The normalized spacial score (nSPS) is 18.0. The number of carbonyl (C=O) groups excluding carboxylic acids is 1. The van der Waals surface area contributed by atoms with E-state index in [1.165, 1.54) is 0 Å². The third kappa shape index (κ3) is 6.10. The molecule has 2 N–H and O–H groups in total. The molecule has 0 unspecified atom stereocenters. The van der Waals surface area contributed by atoms with Gasteiger partial charge in [0.05, 0.1) is 23.6 Å². The molecule has 1 saturated heterocycles. The molecule has 1 fully saturated rings. The lowest BCUT2D eigenvalue weighted by Crippen LogP contribution is -2.29. The SMILES string of the molecule is Cc1nc(OCCC(C)(C)O)ccc1Oc1cccc2c1CC[C@H]2Oc1ccc(N2CC(=O)NS2(=O)=O)cc1. The van der Waals surface area contributed by atoms with Crippen molar-refractivity contribution < 1.29 is 32.5 Å². The Morgan fingerprint density at radius 2 is 1.87 bits per heavy atom. The van der Waals surface area contributed by atoms with Crippen LogP contribution in [-0.4, -0.2) is 43.2 Å². The number of nitrogens with zero attached hydrogens (tertiary/aromatic N) is 2. The molecule has 39 heavy (non-hydrogen) atoms. The second-order valence-electron chi connectivity index (χ2n) is 10.2. The first kappa shape index (κ1) is 26.8. The molecule has 2 aromatic carbocycles. The number of fused-ring (bicyclic) bond motifs is 1. The van der Waals surface area contributed by atoms with E-state index in [0.29, 0.717) is 41.8 Å². The Kier molecular flexibility index (Phi) is 7.13. The van der Waals surface area contributed by atoms with Crippen molar-refractivity contribution in [1.29, 1.82) is 0 Å². The summed E-state index contributed by atoms with van der Waals surface area (Å²) in [7, 11) is -3.85. The van der Waals surface area contributed by atoms with Crippen molar-refractivity contribution in [3.8, 4) is 23.1 Å². The molecule has 10 nitrogen and oxygen atoms in total. The van der Waals surface area contributed by atoms with Crippen LogP contribution >= 0.6 is 0 Å². The van der Waals surface area contributed by atoms with E-state index in [4.69, 9.17) is 14.2 Å². The van der Waals surface area contributed by atoms with Crippen molar-refractivity contribution in [1.82, 2.24) is 9.71 Å². The molecule has 1 aromatic heterocycles. The zero-order valence-electron chi connectivity index (χ0n) is 22.0. The molecule has 0 spiro atoms. The summed E-state index contributed by atoms with van der Waals surface area (Å²) in [5.41, 5.74) is 2.38. The molecule has 1 aliphatic carbocycles. The van der Waals surface area contributed by atoms with Gasteiger partial charge in [-0.25, -0.2) is 14.0 Å². The summed E-state index contributed by atoms with van der Waals surface area (Å²) in [6, 6.07) is 16.1. The molecule has 2 heterocycles. The lowest BCUT2D eigenvalue weighted by molar-refractivity contribution is -0.117. The van der Waals surface area contributed by atoms with Crippen molar-refractivity contribution in [2.45, 2.75) is 51.7 Å². The van der Waals surface area contributed by atoms with Crippen LogP contribution in [0.4, 0.5) is 5.69 Å². The smallest absolute Gasteiger partial charge is 0.326 e. The monoisotopic (exact) mass is 553 g/mol. The fraction of sp³-hybridized carbons (Fsp3) is 0.357. The standard InChI is InChI=1S/C28H31N3O7S/c1-18-23(13-14-27(29-18)36-16-15-28(2,3)33)38-24-6-4-5-21-22(24)11-12-25(21)37-20-9-7-19(8-10-20)31-17-26(32)30-39(31,34)35/h4-10,13-14,25,33H,11-12,15-17H2,1-3H3,(H,30,32)/t25-/m1/s1. The van der Waals surface area contributed by atoms with Crippen LogP contribution in [0, 0.1) is 6.92 Å². The Labute approximate surface area is 227 Å². The minimum absolute atomic E-state index is 0.182. The van der Waals surface area contributed by atoms with E-state index in [2.05, 4.69) is 4.98 Å². The topological polar surface area (TPSA) is 127 Å². The lowest BCUT2D eigenvalue weighted by Gasteiger charge is -2.18. The van der Waals surface area contributed by atoms with Gasteiger partial charge >= 0.3 is 10.2 Å². The van der Waals surface area contributed by atoms with Gasteiger partial charge in [-0.05, 0) is 75.6 Å². The Balaban J connectivity index is 1.25. The Morgan fingerprint density at radius 1 is 1.10 bits per heavy atom. The second-order valence-corrected chi connectivity index (χ2v) is 11.8. The Bertz CT molecular complexity index is 1480. The fourth-order valence-corrected chi connectivity index (χ4v) is 5.72. The predicted octanol–water partition coefficient (Wildman–Crippen LogP) is 3.97. The van der Waals surface area contributed by atoms with Crippen LogP contribution in [0.2, 0.25) is 0 Å². The average Bonchev–Trinajstić information content (AvgIpc) is 3.39. The van der Waals surface area contributed by atoms with E-state index in [-0.39, 0.29) is 12.6 Å². The minimum atomic E-state index is -3.85. The maximum atomic E-state index is 12.1. The van der Waals surface area contributed by atoms with Crippen LogP contribution in [0.3, 0.4) is 0 Å². The zero-order chi connectivity index (χ0) is 27.8. The highest BCUT2D eigenvalue weighted by Crippen LogP contribution is 2.41. The van der Waals surface area contributed by atoms with Gasteiger partial charge in [-0.1, -0.05) is 12.1 Å². The lowest BCUT2D eigenvalue weighted by atomic mass is 10.1. The van der Waals surface area contributed by atoms with Gasteiger partial charge in [-0.15, -0.1) is 0 Å². The summed E-state index contributed by atoms with van der Waals surface area (Å²) in [5, 5.41) is 9.85. The van der Waals surface area contributed by atoms with Gasteiger partial charge in [0.2, 0.25) is 5.88 Å². The van der Waals surface area contributed by atoms with Gasteiger partial charge in [0, 0.05) is 18.1 Å². The van der Waals surface area contributed by atoms with E-state index < -0.39 is 21.7 Å². The van der Waals surface area contributed by atoms with Crippen molar-refractivity contribution in [3.63, 3.8) is 0 Å². The quantitative estimate of drug-likeness (QED) is 0.408. The number of nitrogens with one attached hydrogen (secondary N) is 1. The number of carbonyl (C=O) groups is 1. The van der Waals surface area contributed by atoms with Crippen LogP contribution in [0.1, 0.15) is 49.6 Å². The van der Waals surface area contributed by atoms with Gasteiger partial charge in [0.1, 0.15) is 29.9 Å². The average molecular weight is 554 g/mol. The summed E-state index contributed by atoms with van der Waals surface area (Å²) in [6.07, 6.45) is 1.85. The van der Waals surface area contributed by atoms with Crippen molar-refractivity contribution in [2.24, 2.45) is 0 Å². The molecule has 5 rings (SSSR count). The van der Waals surface area contributed by atoms with Crippen LogP contribution in [0.5, 0.6) is 23.1 Å². The molecular formula is C28H31N3O7S. The maximum Gasteiger partial charge on any atom is 0.326 e. The van der Waals surface area contributed by atoms with Gasteiger partial charge in [-0.2, -0.15) is 8.42 Å². The van der Waals surface area contributed by atoms with Crippen LogP contribution < -0.4 is 23.2 Å². The number of anilines is 1. The molecule has 11 heteroatoms. The third-order valence-electron chi connectivity index (χ3n) is 6.59. The summed E-state index contributed by atoms with van der Waals surface area (Å²) < 4.78 is 45.3. The van der Waals surface area contributed by atoms with Crippen LogP contribution in [0.25, 0.3) is 0 Å². The number of hydrogen-bond donors (Lipinski definition) is 2. The molecule has 0 bridgehead atoms. The van der Waals surface area contributed by atoms with Gasteiger partial charge in [0.25, 0.3) is 5.91 Å². The number of rotatable bonds is 9. The van der Waals surface area contributed by atoms with E-state index in [1.54, 1.807) is 44.2 Å². The molecule has 1 amide bonds. The fourth-order valence-electron chi connectivity index (χ4n) is 4.57. The highest BCUT2D eigenvalue weighted by Gasteiger charge is 2.34. The predicted molar refractivity (Wildman–Crippen MR) is 144 cm³/mol. The van der Waals surface area contributed by atoms with Crippen LogP contribution in [0.15, 0.2) is 54.6 Å². The maximum absolute atomic E-state index is 12.1. The number of pyridine rings is 1. The molecule has 1 atom stereocenters. The Morgan fingerprint density at radius 3 is 2.54 bits per heavy atom. The summed E-state index contributed by atoms with van der Waals surface area (Å²) in [5.74, 6) is 1.88. The molecule has 206 valence electrons. The van der Waals surface area contributed by atoms with E-state index in [9.17, 15) is 18.3 Å². The number of aromatic nitrogens is 1. The number of aliphatic hydroxyl groups is 1. The largest absolute Gasteiger partial charge is 0.486 e. The zero-order valence-corrected chi connectivity index (χ0v) is 22.8. The molecule has 0 radical (unpaired) electrons. The van der Waals surface area contributed by atoms with Crippen molar-refractivity contribution in [2.75, 3.05) is 17.5 Å². The first-order valence-electron chi connectivity index (χ1n) is 12.7. The molecule has 2 aliphatic rings. The van der Waals surface area contributed by atoms with E-state index in [1.807, 2.05) is 35.9 Å². The molecule has 3 aromatic rings. The minimum Gasteiger partial charge on any atom is -0.486 e. The second kappa shape index (κ2) is 10.4. The van der Waals surface area contributed by atoms with Crippen molar-refractivity contribution >= 4 is 21.8 Å². The number of benzene rings is 2. The summed E-state index contributed by atoms with van der Waals surface area (Å²) in [4.78, 5) is 16.0. The first-order chi connectivity index (χ1) is 18.5. The highest BCUT2D eigenvalue weighted by atomic mass is 32.2. The third-order valence-corrected chi connectivity index (χ3v) is 8.00. The van der Waals surface area contributed by atoms with E-state index >= 15 is 0 Å². The van der Waals surface area contributed by atoms with Crippen molar-refractivity contribution in [3.05, 3.63) is 71.4 Å². The van der Waals surface area contributed by atoms with E-state index in [0.717, 1.165) is 34.0 Å². The van der Waals surface area contributed by atoms with Gasteiger partial charge in [-0.3, -0.25) is 4.79 Å². The molecule has 0 saturated carbocycles.